The largest absolute Gasteiger partial charge is 0.461 e. The predicted molar refractivity (Wildman–Crippen MR) is 112 cm³/mol. The van der Waals surface area contributed by atoms with Gasteiger partial charge in [0.25, 0.3) is 0 Å². The molecule has 1 saturated heterocycles. The van der Waals surface area contributed by atoms with Crippen LogP contribution in [0.4, 0.5) is 18.9 Å². The Morgan fingerprint density at radius 2 is 2.00 bits per heavy atom. The molecule has 1 aromatic carbocycles. The van der Waals surface area contributed by atoms with Gasteiger partial charge in [0.1, 0.15) is 12.6 Å². The van der Waals surface area contributed by atoms with E-state index in [1.165, 1.54) is 4.57 Å². The molecule has 1 N–H and O–H groups in total. The van der Waals surface area contributed by atoms with Gasteiger partial charge < -0.3 is 14.6 Å². The van der Waals surface area contributed by atoms with Crippen molar-refractivity contribution in [1.82, 2.24) is 9.47 Å². The van der Waals surface area contributed by atoms with Crippen molar-refractivity contribution in [2.75, 3.05) is 25.0 Å². The molecule has 1 aliphatic heterocycles. The number of anilines is 1. The summed E-state index contributed by atoms with van der Waals surface area (Å²) in [5, 5.41) is 4.36. The van der Waals surface area contributed by atoms with Gasteiger partial charge in [0.15, 0.2) is 0 Å². The Morgan fingerprint density at radius 3 is 2.63 bits per heavy atom. The van der Waals surface area contributed by atoms with Crippen molar-refractivity contribution >= 4 is 22.6 Å². The number of nitrogens with zero attached hydrogens (tertiary/aromatic N) is 2. The number of aryl methyl sites for hydroxylation is 1. The molecule has 0 saturated carbocycles. The van der Waals surface area contributed by atoms with Gasteiger partial charge >= 0.3 is 12.1 Å². The standard InChI is InChI=1S/C22H30F3N3O2/c1-4-21(29)30-16(3)13-27-10-8-17(9-11-27)26-19-6-5-7-20-18(19)12-15(2)28(20)14-22(23,24)25/h5-7,12,16-17,26H,4,8-11,13-14H2,1-3H3. The molecule has 0 amide bonds. The SMILES string of the molecule is CCC(=O)OC(C)CN1CCC(Nc2cccc3c2cc(C)n3CC(F)(F)F)CC1. The summed E-state index contributed by atoms with van der Waals surface area (Å²) in [5.41, 5.74) is 2.07. The van der Waals surface area contributed by atoms with E-state index in [4.69, 9.17) is 4.74 Å². The fourth-order valence-electron chi connectivity index (χ4n) is 4.12. The Morgan fingerprint density at radius 1 is 1.30 bits per heavy atom. The zero-order valence-corrected chi connectivity index (χ0v) is 17.8. The lowest BCUT2D eigenvalue weighted by atomic mass is 10.0. The van der Waals surface area contributed by atoms with Crippen LogP contribution in [0.1, 0.15) is 38.8 Å². The first-order valence-electron chi connectivity index (χ1n) is 10.5. The summed E-state index contributed by atoms with van der Waals surface area (Å²) in [6, 6.07) is 7.55. The van der Waals surface area contributed by atoms with E-state index in [2.05, 4.69) is 10.2 Å². The number of fused-ring (bicyclic) bond motifs is 1. The van der Waals surface area contributed by atoms with Gasteiger partial charge in [-0.2, -0.15) is 13.2 Å². The Kier molecular flexibility index (Phi) is 6.95. The number of likely N-dealkylation sites (tertiary alicyclic amines) is 1. The molecule has 1 atom stereocenters. The van der Waals surface area contributed by atoms with E-state index in [1.807, 2.05) is 19.1 Å². The summed E-state index contributed by atoms with van der Waals surface area (Å²) < 4.78 is 45.5. The van der Waals surface area contributed by atoms with Gasteiger partial charge in [-0.25, -0.2) is 0 Å². The Bertz CT molecular complexity index is 870. The van der Waals surface area contributed by atoms with Crippen molar-refractivity contribution in [2.24, 2.45) is 0 Å². The minimum absolute atomic E-state index is 0.132. The molecule has 30 heavy (non-hydrogen) atoms. The van der Waals surface area contributed by atoms with Crippen molar-refractivity contribution in [2.45, 2.75) is 64.9 Å². The number of piperidine rings is 1. The fraction of sp³-hybridized carbons (Fsp3) is 0.591. The highest BCUT2D eigenvalue weighted by atomic mass is 19.4. The average Bonchev–Trinajstić information content (AvgIpc) is 2.98. The molecule has 0 aliphatic carbocycles. The van der Waals surface area contributed by atoms with Crippen molar-refractivity contribution < 1.29 is 22.7 Å². The summed E-state index contributed by atoms with van der Waals surface area (Å²) in [7, 11) is 0. The van der Waals surface area contributed by atoms with Crippen molar-refractivity contribution in [3.05, 3.63) is 30.0 Å². The van der Waals surface area contributed by atoms with E-state index in [0.717, 1.165) is 37.0 Å². The Balaban J connectivity index is 1.61. The first kappa shape index (κ1) is 22.5. The van der Waals surface area contributed by atoms with E-state index in [0.29, 0.717) is 24.2 Å². The summed E-state index contributed by atoms with van der Waals surface area (Å²) in [4.78, 5) is 13.7. The molecule has 2 heterocycles. The van der Waals surface area contributed by atoms with Crippen molar-refractivity contribution in [3.63, 3.8) is 0 Å². The summed E-state index contributed by atoms with van der Waals surface area (Å²) >= 11 is 0. The maximum absolute atomic E-state index is 12.9. The van der Waals surface area contributed by atoms with Crippen LogP contribution in [-0.4, -0.2) is 53.4 Å². The zero-order chi connectivity index (χ0) is 21.9. The lowest BCUT2D eigenvalue weighted by Crippen LogP contribution is -2.42. The maximum atomic E-state index is 12.9. The highest BCUT2D eigenvalue weighted by Gasteiger charge is 2.29. The number of aromatic nitrogens is 1. The van der Waals surface area contributed by atoms with Crippen LogP contribution in [0, 0.1) is 6.92 Å². The van der Waals surface area contributed by atoms with E-state index < -0.39 is 12.7 Å². The van der Waals surface area contributed by atoms with Crippen LogP contribution in [0.5, 0.6) is 0 Å². The minimum Gasteiger partial charge on any atom is -0.461 e. The molecule has 0 bridgehead atoms. The van der Waals surface area contributed by atoms with Crippen LogP contribution in [0.3, 0.4) is 0 Å². The highest BCUT2D eigenvalue weighted by Crippen LogP contribution is 2.31. The number of nitrogens with one attached hydrogen (secondary N) is 1. The quantitative estimate of drug-likeness (QED) is 0.652. The Labute approximate surface area is 175 Å². The number of hydrogen-bond acceptors (Lipinski definition) is 4. The van der Waals surface area contributed by atoms with Crippen LogP contribution in [0.25, 0.3) is 10.9 Å². The smallest absolute Gasteiger partial charge is 0.406 e. The Hall–Kier alpha value is -2.22. The van der Waals surface area contributed by atoms with Gasteiger partial charge in [0, 0.05) is 48.9 Å². The van der Waals surface area contributed by atoms with Crippen LogP contribution in [0.15, 0.2) is 24.3 Å². The molecule has 1 aliphatic rings. The average molecular weight is 425 g/mol. The van der Waals surface area contributed by atoms with Crippen LogP contribution in [0.2, 0.25) is 0 Å². The van der Waals surface area contributed by atoms with Gasteiger partial charge in [0.2, 0.25) is 0 Å². The molecule has 166 valence electrons. The molecule has 8 heteroatoms. The van der Waals surface area contributed by atoms with Gasteiger partial charge in [-0.3, -0.25) is 9.69 Å². The molecule has 3 rings (SSSR count). The topological polar surface area (TPSA) is 46.5 Å². The van der Waals surface area contributed by atoms with E-state index in [-0.39, 0.29) is 18.1 Å². The molecule has 0 spiro atoms. The minimum atomic E-state index is -4.25. The second-order valence-corrected chi connectivity index (χ2v) is 8.10. The van der Waals surface area contributed by atoms with Gasteiger partial charge in [-0.05, 0) is 44.9 Å². The number of carbonyl (C=O) groups excluding carboxylic acids is 1. The number of halogens is 3. The summed E-state index contributed by atoms with van der Waals surface area (Å²) in [6.45, 7) is 6.91. The lowest BCUT2D eigenvalue weighted by Gasteiger charge is -2.34. The van der Waals surface area contributed by atoms with E-state index >= 15 is 0 Å². The number of benzene rings is 1. The van der Waals surface area contributed by atoms with E-state index in [1.54, 1.807) is 26.0 Å². The summed E-state index contributed by atoms with van der Waals surface area (Å²) in [6.07, 6.45) is -2.16. The van der Waals surface area contributed by atoms with Gasteiger partial charge in [-0.15, -0.1) is 0 Å². The monoisotopic (exact) mass is 425 g/mol. The van der Waals surface area contributed by atoms with E-state index in [9.17, 15) is 18.0 Å². The summed E-state index contributed by atoms with van der Waals surface area (Å²) in [5.74, 6) is -0.181. The molecule has 5 nitrogen and oxygen atoms in total. The van der Waals surface area contributed by atoms with Crippen LogP contribution < -0.4 is 5.32 Å². The van der Waals surface area contributed by atoms with Crippen LogP contribution >= 0.6 is 0 Å². The second kappa shape index (κ2) is 9.29. The highest BCUT2D eigenvalue weighted by molar-refractivity contribution is 5.93. The molecular weight excluding hydrogens is 395 g/mol. The molecule has 1 aromatic heterocycles. The molecule has 0 radical (unpaired) electrons. The number of rotatable bonds is 7. The number of hydrogen-bond donors (Lipinski definition) is 1. The number of alkyl halides is 3. The van der Waals surface area contributed by atoms with Crippen molar-refractivity contribution in [1.29, 1.82) is 0 Å². The molecule has 2 aromatic rings. The van der Waals surface area contributed by atoms with Gasteiger partial charge in [0.05, 0.1) is 5.52 Å². The second-order valence-electron chi connectivity index (χ2n) is 8.10. The van der Waals surface area contributed by atoms with Gasteiger partial charge in [-0.1, -0.05) is 13.0 Å². The number of carbonyl (C=O) groups is 1. The number of ether oxygens (including phenoxy) is 1. The third-order valence-corrected chi connectivity index (χ3v) is 5.57. The molecule has 1 fully saturated rings. The zero-order valence-electron chi connectivity index (χ0n) is 17.8. The fourth-order valence-corrected chi connectivity index (χ4v) is 4.12. The maximum Gasteiger partial charge on any atom is 0.406 e. The lowest BCUT2D eigenvalue weighted by molar-refractivity contribution is -0.148. The third kappa shape index (κ3) is 5.68. The third-order valence-electron chi connectivity index (χ3n) is 5.57. The van der Waals surface area contributed by atoms with Crippen molar-refractivity contribution in [3.8, 4) is 0 Å². The molecule has 1 unspecified atom stereocenters. The predicted octanol–water partition coefficient (Wildman–Crippen LogP) is 4.73. The molecular formula is C22H30F3N3O2. The first-order valence-corrected chi connectivity index (χ1v) is 10.5. The normalized spacial score (nSPS) is 17.3. The first-order chi connectivity index (χ1) is 14.2. The van der Waals surface area contributed by atoms with Crippen LogP contribution in [-0.2, 0) is 16.1 Å². The number of esters is 1.